The number of anilines is 1. The first-order chi connectivity index (χ1) is 17.2. The fourth-order valence-electron chi connectivity index (χ4n) is 5.00. The fraction of sp³-hybridized carbons (Fsp3) is 0.414. The van der Waals surface area contributed by atoms with Crippen LogP contribution in [0.4, 0.5) is 5.82 Å². The lowest BCUT2D eigenvalue weighted by molar-refractivity contribution is -0.143. The van der Waals surface area contributed by atoms with E-state index in [2.05, 4.69) is 41.7 Å². The first-order valence-corrected chi connectivity index (χ1v) is 12.6. The van der Waals surface area contributed by atoms with Crippen LogP contribution in [-0.2, 0) is 21.5 Å². The maximum Gasteiger partial charge on any atom is 0.305 e. The summed E-state index contributed by atoms with van der Waals surface area (Å²) < 4.78 is 7.05. The molecular formula is C29H36N4O3. The van der Waals surface area contributed by atoms with Gasteiger partial charge in [-0.25, -0.2) is 4.68 Å². The predicted octanol–water partition coefficient (Wildman–Crippen LogP) is 5.25. The fourth-order valence-corrected chi connectivity index (χ4v) is 5.00. The van der Waals surface area contributed by atoms with Crippen molar-refractivity contribution in [2.45, 2.75) is 70.5 Å². The molecule has 7 nitrogen and oxygen atoms in total. The van der Waals surface area contributed by atoms with Crippen LogP contribution in [0.1, 0.15) is 74.5 Å². The Kier molecular flexibility index (Phi) is 7.48. The van der Waals surface area contributed by atoms with Gasteiger partial charge in [0.25, 0.3) is 5.91 Å². The number of carbonyl (C=O) groups excluding carboxylic acids is 2. The number of hydrogen-bond donors (Lipinski definition) is 2. The molecule has 0 saturated carbocycles. The molecule has 0 fully saturated rings. The summed E-state index contributed by atoms with van der Waals surface area (Å²) in [6, 6.07) is 20.3. The zero-order chi connectivity index (χ0) is 25.8. The average Bonchev–Trinajstić information content (AvgIpc) is 3.29. The number of aromatic nitrogens is 2. The van der Waals surface area contributed by atoms with Crippen LogP contribution in [0.3, 0.4) is 0 Å². The maximum absolute atomic E-state index is 13.7. The summed E-state index contributed by atoms with van der Waals surface area (Å²) in [5.74, 6) is 0.240. The zero-order valence-corrected chi connectivity index (χ0v) is 21.6. The van der Waals surface area contributed by atoms with Crippen molar-refractivity contribution < 1.29 is 14.3 Å². The van der Waals surface area contributed by atoms with Gasteiger partial charge in [-0.3, -0.25) is 9.59 Å². The first-order valence-electron chi connectivity index (χ1n) is 12.6. The highest BCUT2D eigenvalue weighted by Crippen LogP contribution is 2.40. The van der Waals surface area contributed by atoms with Gasteiger partial charge in [0.2, 0.25) is 0 Å². The van der Waals surface area contributed by atoms with Gasteiger partial charge in [0.15, 0.2) is 0 Å². The quantitative estimate of drug-likeness (QED) is 0.402. The number of fused-ring (bicyclic) bond motifs is 1. The number of nitrogens with zero attached hydrogens (tertiary/aromatic N) is 2. The zero-order valence-electron chi connectivity index (χ0n) is 21.6. The van der Waals surface area contributed by atoms with Crippen LogP contribution in [-0.4, -0.2) is 33.8 Å². The third-order valence-corrected chi connectivity index (χ3v) is 6.84. The van der Waals surface area contributed by atoms with Crippen LogP contribution in [0, 0.1) is 0 Å². The molecule has 0 spiro atoms. The molecule has 0 bridgehead atoms. The van der Waals surface area contributed by atoms with Crippen LogP contribution in [0.2, 0.25) is 0 Å². The van der Waals surface area contributed by atoms with Crippen molar-refractivity contribution in [3.05, 3.63) is 83.6 Å². The van der Waals surface area contributed by atoms with E-state index in [-0.39, 0.29) is 29.9 Å². The van der Waals surface area contributed by atoms with Crippen molar-refractivity contribution in [2.24, 2.45) is 0 Å². The Hall–Kier alpha value is -3.61. The molecule has 1 aliphatic rings. The second-order valence-electron chi connectivity index (χ2n) is 10.4. The van der Waals surface area contributed by atoms with Gasteiger partial charge in [0.1, 0.15) is 11.4 Å². The van der Waals surface area contributed by atoms with Crippen LogP contribution in [0.15, 0.2) is 66.9 Å². The minimum Gasteiger partial charge on any atom is -0.466 e. The minimum absolute atomic E-state index is 0.0662. The molecule has 7 heteroatoms. The molecule has 1 aliphatic heterocycles. The third-order valence-electron chi connectivity index (χ3n) is 6.84. The Morgan fingerprint density at radius 1 is 1.14 bits per heavy atom. The Balaban J connectivity index is 1.59. The number of esters is 1. The van der Waals surface area contributed by atoms with Crippen LogP contribution >= 0.6 is 0 Å². The average molecular weight is 489 g/mol. The molecule has 4 rings (SSSR count). The van der Waals surface area contributed by atoms with E-state index < -0.39 is 5.54 Å². The molecule has 36 heavy (non-hydrogen) atoms. The van der Waals surface area contributed by atoms with Gasteiger partial charge in [-0.2, -0.15) is 5.10 Å². The van der Waals surface area contributed by atoms with Gasteiger partial charge in [-0.15, -0.1) is 0 Å². The molecule has 0 radical (unpaired) electrons. The molecule has 1 amide bonds. The van der Waals surface area contributed by atoms with Crippen molar-refractivity contribution in [1.29, 1.82) is 0 Å². The van der Waals surface area contributed by atoms with Crippen molar-refractivity contribution in [3.8, 4) is 0 Å². The SMILES string of the molecule is CCOC(=O)CCC(C)(Cc1ccccc1)NC(=O)c1cnn2c1NC(c1ccccc1)CC2(C)C. The molecule has 0 aliphatic carbocycles. The lowest BCUT2D eigenvalue weighted by atomic mass is 9.87. The normalized spacial score (nSPS) is 17.8. The van der Waals surface area contributed by atoms with Gasteiger partial charge in [0, 0.05) is 12.0 Å². The topological polar surface area (TPSA) is 85.2 Å². The van der Waals surface area contributed by atoms with Gasteiger partial charge >= 0.3 is 5.97 Å². The van der Waals surface area contributed by atoms with E-state index in [0.29, 0.717) is 30.8 Å². The van der Waals surface area contributed by atoms with Crippen molar-refractivity contribution in [2.75, 3.05) is 11.9 Å². The maximum atomic E-state index is 13.7. The summed E-state index contributed by atoms with van der Waals surface area (Å²) in [5.41, 5.74) is 1.84. The van der Waals surface area contributed by atoms with Gasteiger partial charge in [-0.1, -0.05) is 60.7 Å². The predicted molar refractivity (Wildman–Crippen MR) is 141 cm³/mol. The summed E-state index contributed by atoms with van der Waals surface area (Å²) in [7, 11) is 0. The van der Waals surface area contributed by atoms with Crippen LogP contribution in [0.25, 0.3) is 0 Å². The van der Waals surface area contributed by atoms with E-state index in [9.17, 15) is 9.59 Å². The molecule has 1 aromatic heterocycles. The standard InChI is InChI=1S/C29H36N4O3/c1-5-36-25(34)16-17-29(4,18-21-12-8-6-9-13-21)32-27(35)23-20-30-33-26(23)31-24(19-28(33,2)3)22-14-10-7-11-15-22/h6-15,20,24,31H,5,16-19H2,1-4H3,(H,32,35). The summed E-state index contributed by atoms with van der Waals surface area (Å²) in [6.07, 6.45) is 3.76. The summed E-state index contributed by atoms with van der Waals surface area (Å²) in [6.45, 7) is 8.40. The molecule has 2 heterocycles. The van der Waals surface area contributed by atoms with E-state index in [4.69, 9.17) is 4.74 Å². The Labute approximate surface area is 213 Å². The third kappa shape index (κ3) is 5.78. The Morgan fingerprint density at radius 3 is 2.47 bits per heavy atom. The second kappa shape index (κ2) is 10.6. The lowest BCUT2D eigenvalue weighted by Crippen LogP contribution is -2.48. The van der Waals surface area contributed by atoms with Crippen molar-refractivity contribution in [3.63, 3.8) is 0 Å². The van der Waals surface area contributed by atoms with Gasteiger partial charge < -0.3 is 15.4 Å². The van der Waals surface area contributed by atoms with Crippen molar-refractivity contribution >= 4 is 17.7 Å². The molecule has 2 aromatic carbocycles. The highest BCUT2D eigenvalue weighted by atomic mass is 16.5. The van der Waals surface area contributed by atoms with Gasteiger partial charge in [-0.05, 0) is 58.1 Å². The molecule has 2 N–H and O–H groups in total. The number of carbonyl (C=O) groups is 2. The van der Waals surface area contributed by atoms with Gasteiger partial charge in [0.05, 0.1) is 24.4 Å². The van der Waals surface area contributed by atoms with E-state index >= 15 is 0 Å². The van der Waals surface area contributed by atoms with Crippen LogP contribution in [0.5, 0.6) is 0 Å². The molecule has 2 atom stereocenters. The summed E-state index contributed by atoms with van der Waals surface area (Å²) in [4.78, 5) is 25.8. The molecule has 190 valence electrons. The highest BCUT2D eigenvalue weighted by molar-refractivity contribution is 5.99. The largest absolute Gasteiger partial charge is 0.466 e. The number of nitrogens with one attached hydrogen (secondary N) is 2. The molecule has 2 unspecified atom stereocenters. The number of ether oxygens (including phenoxy) is 1. The highest BCUT2D eigenvalue weighted by Gasteiger charge is 2.38. The molecule has 0 saturated heterocycles. The first kappa shape index (κ1) is 25.5. The van der Waals surface area contributed by atoms with E-state index in [1.54, 1.807) is 13.1 Å². The van der Waals surface area contributed by atoms with Crippen molar-refractivity contribution in [1.82, 2.24) is 15.1 Å². The summed E-state index contributed by atoms with van der Waals surface area (Å²) >= 11 is 0. The van der Waals surface area contributed by atoms with E-state index in [1.807, 2.05) is 60.1 Å². The molecule has 3 aromatic rings. The minimum atomic E-state index is -0.650. The van der Waals surface area contributed by atoms with E-state index in [1.165, 1.54) is 5.56 Å². The Morgan fingerprint density at radius 2 is 1.81 bits per heavy atom. The molecular weight excluding hydrogens is 452 g/mol. The number of hydrogen-bond acceptors (Lipinski definition) is 5. The monoisotopic (exact) mass is 488 g/mol. The van der Waals surface area contributed by atoms with E-state index in [0.717, 1.165) is 12.0 Å². The number of benzene rings is 2. The smallest absolute Gasteiger partial charge is 0.305 e. The Bertz CT molecular complexity index is 1190. The second-order valence-corrected chi connectivity index (χ2v) is 10.4. The lowest BCUT2D eigenvalue weighted by Gasteiger charge is -2.38. The van der Waals surface area contributed by atoms with Crippen LogP contribution < -0.4 is 10.6 Å². The number of amides is 1. The summed E-state index contributed by atoms with van der Waals surface area (Å²) in [5, 5.41) is 11.4. The number of rotatable bonds is 9.